The van der Waals surface area contributed by atoms with Crippen LogP contribution in [0, 0.1) is 29.6 Å². The van der Waals surface area contributed by atoms with E-state index in [9.17, 15) is 8.78 Å². The molecule has 3 aliphatic rings. The van der Waals surface area contributed by atoms with Crippen LogP contribution in [0.2, 0.25) is 0 Å². The van der Waals surface area contributed by atoms with E-state index in [-0.39, 0.29) is 12.8 Å². The van der Waals surface area contributed by atoms with Crippen LogP contribution in [0.3, 0.4) is 0 Å². The second kappa shape index (κ2) is 4.20. The van der Waals surface area contributed by atoms with Crippen molar-refractivity contribution >= 4 is 0 Å². The first-order valence-corrected chi connectivity index (χ1v) is 7.41. The van der Waals surface area contributed by atoms with Crippen LogP contribution < -0.4 is 0 Å². The minimum absolute atomic E-state index is 0.191. The Bertz CT molecular complexity index is 271. The van der Waals surface area contributed by atoms with Gasteiger partial charge in [0.15, 0.2) is 0 Å². The van der Waals surface area contributed by atoms with E-state index in [4.69, 9.17) is 0 Å². The van der Waals surface area contributed by atoms with Crippen molar-refractivity contribution in [2.24, 2.45) is 29.6 Å². The zero-order chi connectivity index (χ0) is 12.0. The Morgan fingerprint density at radius 1 is 0.824 bits per heavy atom. The van der Waals surface area contributed by atoms with Crippen LogP contribution in [0.15, 0.2) is 0 Å². The van der Waals surface area contributed by atoms with E-state index in [1.54, 1.807) is 0 Å². The van der Waals surface area contributed by atoms with Crippen molar-refractivity contribution < 1.29 is 8.78 Å². The predicted octanol–water partition coefficient (Wildman–Crippen LogP) is 4.88. The summed E-state index contributed by atoms with van der Waals surface area (Å²) >= 11 is 0. The van der Waals surface area contributed by atoms with E-state index in [1.165, 1.54) is 25.7 Å². The van der Waals surface area contributed by atoms with Gasteiger partial charge < -0.3 is 0 Å². The van der Waals surface area contributed by atoms with Gasteiger partial charge in [-0.25, -0.2) is 8.78 Å². The van der Waals surface area contributed by atoms with Crippen LogP contribution in [-0.2, 0) is 0 Å². The normalized spacial score (nSPS) is 49.2. The molecule has 0 radical (unpaired) electrons. The summed E-state index contributed by atoms with van der Waals surface area (Å²) in [7, 11) is 0. The van der Waals surface area contributed by atoms with E-state index in [1.807, 2.05) is 0 Å². The Morgan fingerprint density at radius 2 is 1.47 bits per heavy atom. The fraction of sp³-hybridized carbons (Fsp3) is 1.00. The van der Waals surface area contributed by atoms with Crippen LogP contribution in [0.4, 0.5) is 8.78 Å². The third-order valence-corrected chi connectivity index (χ3v) is 5.64. The largest absolute Gasteiger partial charge is 0.248 e. The summed E-state index contributed by atoms with van der Waals surface area (Å²) in [4.78, 5) is 0. The van der Waals surface area contributed by atoms with Gasteiger partial charge in [0.1, 0.15) is 0 Å². The van der Waals surface area contributed by atoms with Crippen molar-refractivity contribution in [2.45, 2.75) is 64.2 Å². The third-order valence-electron chi connectivity index (χ3n) is 5.64. The van der Waals surface area contributed by atoms with Gasteiger partial charge in [0.25, 0.3) is 0 Å². The summed E-state index contributed by atoms with van der Waals surface area (Å²) in [6.45, 7) is 2.36. The molecule has 0 aliphatic heterocycles. The molecular formula is C15H24F2. The second-order valence-electron chi connectivity index (χ2n) is 7.05. The Labute approximate surface area is 103 Å². The van der Waals surface area contributed by atoms with E-state index >= 15 is 0 Å². The lowest BCUT2D eigenvalue weighted by molar-refractivity contribution is -0.00266. The van der Waals surface area contributed by atoms with Crippen LogP contribution in [-0.4, -0.2) is 5.92 Å². The first-order chi connectivity index (χ1) is 8.03. The second-order valence-corrected chi connectivity index (χ2v) is 7.05. The minimum Gasteiger partial charge on any atom is -0.207 e. The molecule has 0 aromatic heterocycles. The molecule has 3 rings (SSSR count). The predicted molar refractivity (Wildman–Crippen MR) is 65.0 cm³/mol. The topological polar surface area (TPSA) is 0 Å². The van der Waals surface area contributed by atoms with Gasteiger partial charge in [-0.05, 0) is 48.9 Å². The van der Waals surface area contributed by atoms with Gasteiger partial charge in [-0.1, -0.05) is 26.2 Å². The maximum atomic E-state index is 13.3. The highest BCUT2D eigenvalue weighted by molar-refractivity contribution is 4.97. The number of hydrogen-bond acceptors (Lipinski definition) is 0. The molecule has 0 bridgehead atoms. The maximum Gasteiger partial charge on any atom is 0.248 e. The van der Waals surface area contributed by atoms with Gasteiger partial charge in [0.05, 0.1) is 0 Å². The van der Waals surface area contributed by atoms with Gasteiger partial charge in [-0.15, -0.1) is 0 Å². The van der Waals surface area contributed by atoms with Crippen molar-refractivity contribution in [3.05, 3.63) is 0 Å². The smallest absolute Gasteiger partial charge is 0.207 e. The molecular weight excluding hydrogens is 218 g/mol. The Hall–Kier alpha value is -0.140. The minimum atomic E-state index is -2.33. The average molecular weight is 242 g/mol. The molecule has 0 heterocycles. The van der Waals surface area contributed by atoms with Crippen LogP contribution in [0.1, 0.15) is 58.3 Å². The van der Waals surface area contributed by atoms with E-state index in [2.05, 4.69) is 6.92 Å². The summed E-state index contributed by atoms with van der Waals surface area (Å²) in [6, 6.07) is 0. The van der Waals surface area contributed by atoms with Crippen LogP contribution in [0.25, 0.3) is 0 Å². The van der Waals surface area contributed by atoms with Crippen molar-refractivity contribution in [3.63, 3.8) is 0 Å². The fourth-order valence-corrected chi connectivity index (χ4v) is 4.90. The average Bonchev–Trinajstić information content (AvgIpc) is 2.71. The highest BCUT2D eigenvalue weighted by Gasteiger charge is 2.51. The molecule has 17 heavy (non-hydrogen) atoms. The van der Waals surface area contributed by atoms with Gasteiger partial charge in [0, 0.05) is 12.8 Å². The monoisotopic (exact) mass is 242 g/mol. The lowest BCUT2D eigenvalue weighted by atomic mass is 9.74. The Balaban J connectivity index is 1.59. The zero-order valence-electron chi connectivity index (χ0n) is 10.8. The molecule has 3 saturated carbocycles. The third kappa shape index (κ3) is 2.37. The first kappa shape index (κ1) is 11.9. The Kier molecular flexibility index (Phi) is 2.95. The van der Waals surface area contributed by atoms with Crippen LogP contribution >= 0.6 is 0 Å². The molecule has 0 N–H and O–H groups in total. The van der Waals surface area contributed by atoms with E-state index in [0.717, 1.165) is 30.6 Å². The number of halogens is 2. The van der Waals surface area contributed by atoms with Crippen LogP contribution in [0.5, 0.6) is 0 Å². The summed E-state index contributed by atoms with van der Waals surface area (Å²) in [5.41, 5.74) is 0. The lowest BCUT2D eigenvalue weighted by Gasteiger charge is -2.32. The number of fused-ring (bicyclic) bond motifs is 1. The summed E-state index contributed by atoms with van der Waals surface area (Å²) < 4.78 is 26.6. The quantitative estimate of drug-likeness (QED) is 0.614. The molecule has 0 spiro atoms. The summed E-state index contributed by atoms with van der Waals surface area (Å²) in [5.74, 6) is 0.886. The summed E-state index contributed by atoms with van der Waals surface area (Å²) in [5, 5.41) is 0. The highest BCUT2D eigenvalue weighted by Crippen LogP contribution is 2.55. The molecule has 98 valence electrons. The van der Waals surface area contributed by atoms with E-state index in [0.29, 0.717) is 11.8 Å². The molecule has 5 atom stereocenters. The molecule has 2 heteroatoms. The molecule has 3 fully saturated rings. The standard InChI is InChI=1S/C15H24F2/c1-10-3-2-4-11(5-10)12-6-13-8-15(16,17)9-14(13)7-12/h10-14H,2-9H2,1H3/t10-,11?,12?,13-,14+/m0/s1. The van der Waals surface area contributed by atoms with E-state index < -0.39 is 5.92 Å². The highest BCUT2D eigenvalue weighted by atomic mass is 19.3. The van der Waals surface area contributed by atoms with Gasteiger partial charge in [-0.2, -0.15) is 0 Å². The molecule has 2 unspecified atom stereocenters. The molecule has 0 nitrogen and oxygen atoms in total. The van der Waals surface area contributed by atoms with Crippen molar-refractivity contribution in [1.29, 1.82) is 0 Å². The zero-order valence-corrected chi connectivity index (χ0v) is 10.8. The molecule has 0 saturated heterocycles. The molecule has 0 aromatic carbocycles. The maximum absolute atomic E-state index is 13.3. The Morgan fingerprint density at radius 3 is 2.06 bits per heavy atom. The van der Waals surface area contributed by atoms with Crippen molar-refractivity contribution in [3.8, 4) is 0 Å². The lowest BCUT2D eigenvalue weighted by Crippen LogP contribution is -2.21. The summed E-state index contributed by atoms with van der Waals surface area (Å²) in [6.07, 6.45) is 8.08. The van der Waals surface area contributed by atoms with Crippen molar-refractivity contribution in [1.82, 2.24) is 0 Å². The number of hydrogen-bond donors (Lipinski definition) is 0. The molecule has 3 aliphatic carbocycles. The van der Waals surface area contributed by atoms with Crippen molar-refractivity contribution in [2.75, 3.05) is 0 Å². The van der Waals surface area contributed by atoms with Gasteiger partial charge in [-0.3, -0.25) is 0 Å². The number of alkyl halides is 2. The first-order valence-electron chi connectivity index (χ1n) is 7.41. The molecule has 0 aromatic rings. The molecule has 0 amide bonds. The van der Waals surface area contributed by atoms with Gasteiger partial charge in [0.2, 0.25) is 5.92 Å². The number of rotatable bonds is 1. The fourth-order valence-electron chi connectivity index (χ4n) is 4.90. The van der Waals surface area contributed by atoms with Gasteiger partial charge >= 0.3 is 0 Å². The SMILES string of the molecule is C[C@H]1CCCC(C2C[C@@H]3CC(F)(F)C[C@@H]3C2)C1.